The van der Waals surface area contributed by atoms with Gasteiger partial charge >= 0.3 is 0 Å². The molecule has 0 radical (unpaired) electrons. The Hall–Kier alpha value is -0.910. The summed E-state index contributed by atoms with van der Waals surface area (Å²) in [4.78, 5) is 11.8. The van der Waals surface area contributed by atoms with Crippen LogP contribution in [-0.2, 0) is 4.79 Å². The van der Waals surface area contributed by atoms with Gasteiger partial charge in [-0.1, -0.05) is 18.2 Å². The fraction of sp³-hybridized carbons (Fsp3) is 0.533. The van der Waals surface area contributed by atoms with Crippen molar-refractivity contribution in [1.82, 2.24) is 5.32 Å². The normalized spacial score (nSPS) is 13.0. The number of aryl methyl sites for hydroxylation is 1. The first-order valence-electron chi connectivity index (χ1n) is 6.79. The quantitative estimate of drug-likeness (QED) is 0.767. The first kappa shape index (κ1) is 20.1. The van der Waals surface area contributed by atoms with E-state index in [2.05, 4.69) is 5.32 Å². The van der Waals surface area contributed by atoms with Crippen molar-refractivity contribution in [3.05, 3.63) is 29.8 Å². The van der Waals surface area contributed by atoms with E-state index in [0.717, 1.165) is 17.1 Å². The summed E-state index contributed by atoms with van der Waals surface area (Å²) in [5.74, 6) is 1.63. The van der Waals surface area contributed by atoms with Gasteiger partial charge in [0.05, 0.1) is 12.6 Å². The van der Waals surface area contributed by atoms with E-state index in [-0.39, 0.29) is 24.4 Å². The van der Waals surface area contributed by atoms with E-state index in [4.69, 9.17) is 10.5 Å². The summed E-state index contributed by atoms with van der Waals surface area (Å²) in [5, 5.41) is 2.83. The molecule has 0 fully saturated rings. The SMILES string of the molecule is CSCC[C@H](N)C(=O)NCC(C)Oc1ccccc1C.Cl. The molecular formula is C15H25ClN2O2S. The van der Waals surface area contributed by atoms with Gasteiger partial charge in [-0.2, -0.15) is 11.8 Å². The molecule has 1 unspecified atom stereocenters. The molecule has 1 amide bonds. The zero-order chi connectivity index (χ0) is 15.0. The largest absolute Gasteiger partial charge is 0.489 e. The van der Waals surface area contributed by atoms with E-state index in [9.17, 15) is 4.79 Å². The molecule has 0 spiro atoms. The second-order valence-corrected chi connectivity index (χ2v) is 5.81. The lowest BCUT2D eigenvalue weighted by molar-refractivity contribution is -0.122. The summed E-state index contributed by atoms with van der Waals surface area (Å²) in [7, 11) is 0. The monoisotopic (exact) mass is 332 g/mol. The highest BCUT2D eigenvalue weighted by molar-refractivity contribution is 7.98. The minimum atomic E-state index is -0.437. The van der Waals surface area contributed by atoms with Crippen LogP contribution in [0.5, 0.6) is 5.75 Å². The predicted octanol–water partition coefficient (Wildman–Crippen LogP) is 2.38. The van der Waals surface area contributed by atoms with Gasteiger partial charge in [0.25, 0.3) is 0 Å². The zero-order valence-corrected chi connectivity index (χ0v) is 14.4. The van der Waals surface area contributed by atoms with Gasteiger partial charge in [0.2, 0.25) is 5.91 Å². The molecule has 0 aliphatic rings. The molecule has 21 heavy (non-hydrogen) atoms. The highest BCUT2D eigenvalue weighted by atomic mass is 35.5. The van der Waals surface area contributed by atoms with Gasteiger partial charge < -0.3 is 15.8 Å². The molecule has 1 rings (SSSR count). The van der Waals surface area contributed by atoms with Crippen LogP contribution in [0.2, 0.25) is 0 Å². The zero-order valence-electron chi connectivity index (χ0n) is 12.8. The van der Waals surface area contributed by atoms with Crippen LogP contribution in [-0.4, -0.2) is 36.6 Å². The highest BCUT2D eigenvalue weighted by Gasteiger charge is 2.14. The van der Waals surface area contributed by atoms with Gasteiger partial charge in [-0.15, -0.1) is 12.4 Å². The summed E-state index contributed by atoms with van der Waals surface area (Å²) in [6.07, 6.45) is 2.61. The number of benzene rings is 1. The minimum Gasteiger partial charge on any atom is -0.489 e. The first-order chi connectivity index (χ1) is 9.54. The highest BCUT2D eigenvalue weighted by Crippen LogP contribution is 2.17. The number of nitrogens with one attached hydrogen (secondary N) is 1. The molecular weight excluding hydrogens is 308 g/mol. The molecule has 120 valence electrons. The number of hydrogen-bond acceptors (Lipinski definition) is 4. The number of carbonyl (C=O) groups excluding carboxylic acids is 1. The topological polar surface area (TPSA) is 64.4 Å². The maximum Gasteiger partial charge on any atom is 0.237 e. The summed E-state index contributed by atoms with van der Waals surface area (Å²) in [5.41, 5.74) is 6.89. The number of para-hydroxylation sites is 1. The lowest BCUT2D eigenvalue weighted by atomic mass is 10.2. The van der Waals surface area contributed by atoms with Gasteiger partial charge in [0.1, 0.15) is 11.9 Å². The fourth-order valence-electron chi connectivity index (χ4n) is 1.70. The Morgan fingerprint density at radius 2 is 2.10 bits per heavy atom. The van der Waals surface area contributed by atoms with Crippen molar-refractivity contribution in [1.29, 1.82) is 0 Å². The number of thioether (sulfide) groups is 1. The third kappa shape index (κ3) is 7.60. The maximum absolute atomic E-state index is 11.8. The third-order valence-electron chi connectivity index (χ3n) is 2.96. The Morgan fingerprint density at radius 3 is 2.71 bits per heavy atom. The van der Waals surface area contributed by atoms with Gasteiger partial charge in [0, 0.05) is 0 Å². The molecule has 1 aromatic carbocycles. The molecule has 0 saturated heterocycles. The summed E-state index contributed by atoms with van der Waals surface area (Å²) >= 11 is 1.69. The molecule has 0 aliphatic carbocycles. The van der Waals surface area contributed by atoms with Gasteiger partial charge in [-0.3, -0.25) is 4.79 Å². The van der Waals surface area contributed by atoms with E-state index in [1.165, 1.54) is 0 Å². The van der Waals surface area contributed by atoms with Crippen LogP contribution in [0.25, 0.3) is 0 Å². The van der Waals surface area contributed by atoms with Crippen LogP contribution >= 0.6 is 24.2 Å². The van der Waals surface area contributed by atoms with Crippen molar-refractivity contribution in [3.63, 3.8) is 0 Å². The van der Waals surface area contributed by atoms with E-state index in [0.29, 0.717) is 13.0 Å². The van der Waals surface area contributed by atoms with Crippen LogP contribution in [0.15, 0.2) is 24.3 Å². The second-order valence-electron chi connectivity index (χ2n) is 4.83. The number of amides is 1. The van der Waals surface area contributed by atoms with Crippen LogP contribution < -0.4 is 15.8 Å². The summed E-state index contributed by atoms with van der Waals surface area (Å²) in [6.45, 7) is 4.39. The first-order valence-corrected chi connectivity index (χ1v) is 8.18. The lowest BCUT2D eigenvalue weighted by Gasteiger charge is -2.18. The van der Waals surface area contributed by atoms with E-state index < -0.39 is 6.04 Å². The van der Waals surface area contributed by atoms with Crippen LogP contribution in [0.3, 0.4) is 0 Å². The number of rotatable bonds is 8. The molecule has 0 heterocycles. The van der Waals surface area contributed by atoms with Crippen molar-refractivity contribution in [2.75, 3.05) is 18.6 Å². The Bertz CT molecular complexity index is 432. The van der Waals surface area contributed by atoms with E-state index in [1.807, 2.05) is 44.4 Å². The fourth-order valence-corrected chi connectivity index (χ4v) is 2.19. The summed E-state index contributed by atoms with van der Waals surface area (Å²) in [6, 6.07) is 7.40. The Labute approximate surface area is 137 Å². The molecule has 3 N–H and O–H groups in total. The van der Waals surface area contributed by atoms with Crippen molar-refractivity contribution in [3.8, 4) is 5.75 Å². The molecule has 1 aromatic rings. The van der Waals surface area contributed by atoms with Crippen molar-refractivity contribution in [2.45, 2.75) is 32.4 Å². The maximum atomic E-state index is 11.8. The van der Waals surface area contributed by atoms with Crippen molar-refractivity contribution >= 4 is 30.1 Å². The Balaban J connectivity index is 0.00000400. The molecule has 0 aromatic heterocycles. The average Bonchev–Trinajstić information content (AvgIpc) is 2.44. The van der Waals surface area contributed by atoms with Crippen molar-refractivity contribution < 1.29 is 9.53 Å². The van der Waals surface area contributed by atoms with Crippen LogP contribution in [0.1, 0.15) is 18.9 Å². The number of hydrogen-bond donors (Lipinski definition) is 2. The number of halogens is 1. The molecule has 4 nitrogen and oxygen atoms in total. The lowest BCUT2D eigenvalue weighted by Crippen LogP contribution is -2.44. The van der Waals surface area contributed by atoms with Gasteiger partial charge in [0.15, 0.2) is 0 Å². The van der Waals surface area contributed by atoms with E-state index in [1.54, 1.807) is 11.8 Å². The Morgan fingerprint density at radius 1 is 1.43 bits per heavy atom. The molecule has 0 bridgehead atoms. The van der Waals surface area contributed by atoms with Crippen molar-refractivity contribution in [2.24, 2.45) is 5.73 Å². The Kier molecular flexibility index (Phi) is 10.3. The number of nitrogens with two attached hydrogens (primary N) is 1. The molecule has 2 atom stereocenters. The van der Waals surface area contributed by atoms with E-state index >= 15 is 0 Å². The molecule has 0 aliphatic heterocycles. The minimum absolute atomic E-state index is 0. The predicted molar refractivity (Wildman–Crippen MR) is 92.5 cm³/mol. The van der Waals surface area contributed by atoms with Crippen LogP contribution in [0.4, 0.5) is 0 Å². The molecule has 6 heteroatoms. The van der Waals surface area contributed by atoms with Gasteiger partial charge in [-0.05, 0) is 43.9 Å². The standard InChI is InChI=1S/C15H24N2O2S.ClH/c1-11-6-4-5-7-14(11)19-12(2)10-17-15(18)13(16)8-9-20-3;/h4-7,12-13H,8-10,16H2,1-3H3,(H,17,18);1H/t12?,13-;/m0./s1. The average molecular weight is 333 g/mol. The summed E-state index contributed by atoms with van der Waals surface area (Å²) < 4.78 is 5.80. The number of ether oxygens (including phenoxy) is 1. The second kappa shape index (κ2) is 10.8. The third-order valence-corrected chi connectivity index (χ3v) is 3.60. The smallest absolute Gasteiger partial charge is 0.237 e. The molecule has 0 saturated carbocycles. The number of carbonyl (C=O) groups is 1. The van der Waals surface area contributed by atoms with Crippen LogP contribution in [0, 0.1) is 6.92 Å². The van der Waals surface area contributed by atoms with Gasteiger partial charge in [-0.25, -0.2) is 0 Å².